The minimum absolute atomic E-state index is 0.416. The van der Waals surface area contributed by atoms with Crippen molar-refractivity contribution < 1.29 is 4.74 Å². The number of likely N-dealkylation sites (N-methyl/N-ethyl adjacent to an activating group) is 1. The molecule has 1 aromatic rings. The average Bonchev–Trinajstić information content (AvgIpc) is 2.96. The number of halogens is 1. The second-order valence-corrected chi connectivity index (χ2v) is 6.77. The molecule has 1 aromatic carbocycles. The largest absolute Gasteiger partial charge is 0.377 e. The van der Waals surface area contributed by atoms with E-state index in [1.807, 2.05) is 0 Å². The molecular formula is C17H27BrN2O. The summed E-state index contributed by atoms with van der Waals surface area (Å²) in [5, 5.41) is 3.60. The van der Waals surface area contributed by atoms with Gasteiger partial charge in [0.2, 0.25) is 0 Å². The summed E-state index contributed by atoms with van der Waals surface area (Å²) in [6, 6.07) is 9.03. The fourth-order valence-corrected chi connectivity index (χ4v) is 3.35. The van der Waals surface area contributed by atoms with Crippen LogP contribution in [-0.2, 0) is 4.74 Å². The first-order valence-corrected chi connectivity index (χ1v) is 8.77. The molecule has 1 fully saturated rings. The monoisotopic (exact) mass is 354 g/mol. The van der Waals surface area contributed by atoms with Gasteiger partial charge in [0.25, 0.3) is 0 Å². The lowest BCUT2D eigenvalue weighted by Gasteiger charge is -2.24. The van der Waals surface area contributed by atoms with Crippen molar-refractivity contribution in [1.82, 2.24) is 10.2 Å². The Kier molecular flexibility index (Phi) is 7.17. The molecule has 0 radical (unpaired) electrons. The van der Waals surface area contributed by atoms with Crippen LogP contribution in [0, 0.1) is 0 Å². The van der Waals surface area contributed by atoms with E-state index in [1.54, 1.807) is 0 Å². The molecule has 21 heavy (non-hydrogen) atoms. The van der Waals surface area contributed by atoms with E-state index in [1.165, 1.54) is 18.4 Å². The van der Waals surface area contributed by atoms with Crippen molar-refractivity contribution in [3.8, 4) is 0 Å². The molecule has 118 valence electrons. The minimum atomic E-state index is 0.416. The molecule has 1 N–H and O–H groups in total. The van der Waals surface area contributed by atoms with Gasteiger partial charge >= 0.3 is 0 Å². The van der Waals surface area contributed by atoms with Crippen LogP contribution in [0.5, 0.6) is 0 Å². The van der Waals surface area contributed by atoms with E-state index in [2.05, 4.69) is 64.4 Å². The normalized spacial score (nSPS) is 20.1. The number of nitrogens with zero attached hydrogens (tertiary/aromatic N) is 1. The fourth-order valence-electron chi connectivity index (χ4n) is 2.93. The maximum Gasteiger partial charge on any atom is 0.0702 e. The van der Waals surface area contributed by atoms with Gasteiger partial charge in [-0.2, -0.15) is 0 Å². The SMILES string of the molecule is CCNC(CCN(C)CC1CCCO1)c1cccc(Br)c1. The summed E-state index contributed by atoms with van der Waals surface area (Å²) in [4.78, 5) is 2.40. The fraction of sp³-hybridized carbons (Fsp3) is 0.647. The number of hydrogen-bond acceptors (Lipinski definition) is 3. The number of benzene rings is 1. The van der Waals surface area contributed by atoms with Crippen LogP contribution in [0.25, 0.3) is 0 Å². The van der Waals surface area contributed by atoms with Gasteiger partial charge in [-0.1, -0.05) is 35.0 Å². The summed E-state index contributed by atoms with van der Waals surface area (Å²) in [5.41, 5.74) is 1.36. The van der Waals surface area contributed by atoms with Gasteiger partial charge in [0, 0.05) is 23.7 Å². The standard InChI is InChI=1S/C17H27BrN2O/c1-3-19-17(14-6-4-7-15(18)12-14)9-10-20(2)13-16-8-5-11-21-16/h4,6-7,12,16-17,19H,3,5,8-11,13H2,1-2H3. The Balaban J connectivity index is 1.84. The van der Waals surface area contributed by atoms with Crippen LogP contribution in [0.3, 0.4) is 0 Å². The predicted molar refractivity (Wildman–Crippen MR) is 91.6 cm³/mol. The van der Waals surface area contributed by atoms with Crippen LogP contribution < -0.4 is 5.32 Å². The molecule has 3 nitrogen and oxygen atoms in total. The van der Waals surface area contributed by atoms with Crippen molar-refractivity contribution in [1.29, 1.82) is 0 Å². The maximum atomic E-state index is 5.71. The molecule has 0 bridgehead atoms. The molecule has 0 spiro atoms. The lowest BCUT2D eigenvalue weighted by Crippen LogP contribution is -2.32. The summed E-state index contributed by atoms with van der Waals surface area (Å²) < 4.78 is 6.86. The van der Waals surface area contributed by atoms with Crippen molar-refractivity contribution >= 4 is 15.9 Å². The molecule has 0 saturated carbocycles. The highest BCUT2D eigenvalue weighted by atomic mass is 79.9. The first kappa shape index (κ1) is 16.9. The van der Waals surface area contributed by atoms with Crippen LogP contribution in [-0.4, -0.2) is 44.3 Å². The molecule has 2 rings (SSSR count). The van der Waals surface area contributed by atoms with Gasteiger partial charge in [-0.3, -0.25) is 0 Å². The highest BCUT2D eigenvalue weighted by Crippen LogP contribution is 2.21. The highest BCUT2D eigenvalue weighted by molar-refractivity contribution is 9.10. The second kappa shape index (κ2) is 8.89. The molecule has 2 unspecified atom stereocenters. The van der Waals surface area contributed by atoms with Gasteiger partial charge in [0.05, 0.1) is 6.10 Å². The van der Waals surface area contributed by atoms with Crippen molar-refractivity contribution in [2.45, 2.75) is 38.3 Å². The number of nitrogens with one attached hydrogen (secondary N) is 1. The van der Waals surface area contributed by atoms with Crippen LogP contribution in [0.2, 0.25) is 0 Å². The molecule has 4 heteroatoms. The molecule has 1 aliphatic heterocycles. The Morgan fingerprint density at radius 1 is 1.48 bits per heavy atom. The molecule has 1 aliphatic rings. The van der Waals surface area contributed by atoms with Crippen LogP contribution in [0.15, 0.2) is 28.7 Å². The Morgan fingerprint density at radius 2 is 2.33 bits per heavy atom. The molecule has 1 saturated heterocycles. The first-order chi connectivity index (χ1) is 10.2. The van der Waals surface area contributed by atoms with Gasteiger partial charge in [0.15, 0.2) is 0 Å². The Morgan fingerprint density at radius 3 is 3.00 bits per heavy atom. The third kappa shape index (κ3) is 5.70. The van der Waals surface area contributed by atoms with Gasteiger partial charge in [-0.15, -0.1) is 0 Å². The van der Waals surface area contributed by atoms with E-state index in [9.17, 15) is 0 Å². The Labute approximate surface area is 137 Å². The number of ether oxygens (including phenoxy) is 1. The summed E-state index contributed by atoms with van der Waals surface area (Å²) in [7, 11) is 2.20. The van der Waals surface area contributed by atoms with Crippen molar-refractivity contribution in [3.63, 3.8) is 0 Å². The smallest absolute Gasteiger partial charge is 0.0702 e. The highest BCUT2D eigenvalue weighted by Gasteiger charge is 2.18. The van der Waals surface area contributed by atoms with E-state index in [0.29, 0.717) is 12.1 Å². The van der Waals surface area contributed by atoms with Crippen LogP contribution in [0.4, 0.5) is 0 Å². The van der Waals surface area contributed by atoms with Crippen LogP contribution in [0.1, 0.15) is 37.8 Å². The van der Waals surface area contributed by atoms with Gasteiger partial charge in [0.1, 0.15) is 0 Å². The zero-order chi connectivity index (χ0) is 15.1. The van der Waals surface area contributed by atoms with Gasteiger partial charge in [-0.25, -0.2) is 0 Å². The molecule has 0 aliphatic carbocycles. The van der Waals surface area contributed by atoms with Crippen molar-refractivity contribution in [3.05, 3.63) is 34.3 Å². The molecular weight excluding hydrogens is 328 g/mol. The second-order valence-electron chi connectivity index (χ2n) is 5.85. The quantitative estimate of drug-likeness (QED) is 0.771. The minimum Gasteiger partial charge on any atom is -0.377 e. The molecule has 1 heterocycles. The summed E-state index contributed by atoms with van der Waals surface area (Å²) in [6.07, 6.45) is 4.00. The topological polar surface area (TPSA) is 24.5 Å². The molecule has 0 amide bonds. The van der Waals surface area contributed by atoms with Crippen molar-refractivity contribution in [2.75, 3.05) is 33.3 Å². The van der Waals surface area contributed by atoms with E-state index >= 15 is 0 Å². The van der Waals surface area contributed by atoms with E-state index in [-0.39, 0.29) is 0 Å². The van der Waals surface area contributed by atoms with E-state index in [4.69, 9.17) is 4.74 Å². The van der Waals surface area contributed by atoms with Crippen molar-refractivity contribution in [2.24, 2.45) is 0 Å². The number of hydrogen-bond donors (Lipinski definition) is 1. The van der Waals surface area contributed by atoms with Gasteiger partial charge in [-0.05, 0) is 57.1 Å². The third-order valence-electron chi connectivity index (χ3n) is 4.04. The van der Waals surface area contributed by atoms with E-state index in [0.717, 1.165) is 37.1 Å². The zero-order valence-corrected chi connectivity index (χ0v) is 14.7. The summed E-state index contributed by atoms with van der Waals surface area (Å²) in [6.45, 7) is 6.24. The zero-order valence-electron chi connectivity index (χ0n) is 13.1. The molecule has 2 atom stereocenters. The molecule has 0 aromatic heterocycles. The average molecular weight is 355 g/mol. The maximum absolute atomic E-state index is 5.71. The van der Waals surface area contributed by atoms with Crippen LogP contribution >= 0.6 is 15.9 Å². The Hall–Kier alpha value is -0.420. The number of rotatable bonds is 8. The summed E-state index contributed by atoms with van der Waals surface area (Å²) in [5.74, 6) is 0. The first-order valence-electron chi connectivity index (χ1n) is 7.98. The lowest BCUT2D eigenvalue weighted by atomic mass is 10.0. The summed E-state index contributed by atoms with van der Waals surface area (Å²) >= 11 is 3.57. The predicted octanol–water partition coefficient (Wildman–Crippen LogP) is 3.60. The van der Waals surface area contributed by atoms with Gasteiger partial charge < -0.3 is 15.0 Å². The van der Waals surface area contributed by atoms with E-state index < -0.39 is 0 Å². The third-order valence-corrected chi connectivity index (χ3v) is 4.53. The lowest BCUT2D eigenvalue weighted by molar-refractivity contribution is 0.0801. The Bertz CT molecular complexity index is 421.